The summed E-state index contributed by atoms with van der Waals surface area (Å²) in [5.41, 5.74) is -21.0. The average molecular weight is 640 g/mol. The molecule has 0 saturated carbocycles. The molecule has 0 radical (unpaired) electrons. The fourth-order valence-corrected chi connectivity index (χ4v) is 4.52. The van der Waals surface area contributed by atoms with Gasteiger partial charge in [-0.2, -0.15) is 78.1 Å². The number of carbonyl (C=O) groups is 2. The van der Waals surface area contributed by atoms with Crippen molar-refractivity contribution in [2.75, 3.05) is 8.61 Å². The van der Waals surface area contributed by atoms with Crippen LogP contribution in [0.3, 0.4) is 0 Å². The van der Waals surface area contributed by atoms with Gasteiger partial charge in [0.1, 0.15) is 0 Å². The van der Waals surface area contributed by atoms with Crippen molar-refractivity contribution in [3.8, 4) is 0 Å². The number of anilines is 2. The van der Waals surface area contributed by atoms with Crippen LogP contribution in [0.4, 0.5) is 64.1 Å². The Morgan fingerprint density at radius 1 is 0.525 bits per heavy atom. The van der Waals surface area contributed by atoms with Gasteiger partial charge in [-0.15, -0.1) is 0 Å². The van der Waals surface area contributed by atoms with Crippen LogP contribution >= 0.6 is 0 Å². The normalized spacial score (nSPS) is 13.6. The van der Waals surface area contributed by atoms with Crippen molar-refractivity contribution in [3.05, 3.63) is 59.7 Å². The highest BCUT2D eigenvalue weighted by molar-refractivity contribution is 7.95. The standard InChI is InChI=1S/C18H8F12N2O6S2/c19-15(20,21)9-3-1-5-11(7-9)31(39(35,36)17(25,26)27)13(33)14(34)32(40(37,38)18(28,29)30)12-6-2-4-10(8-12)16(22,23)24/h1-8H. The van der Waals surface area contributed by atoms with Gasteiger partial charge in [-0.05, 0) is 36.4 Å². The highest BCUT2D eigenvalue weighted by Crippen LogP contribution is 2.38. The fourth-order valence-electron chi connectivity index (χ4n) is 2.73. The summed E-state index contributed by atoms with van der Waals surface area (Å²) in [6.45, 7) is 0. The molecule has 0 aliphatic carbocycles. The molecule has 2 rings (SSSR count). The molecule has 0 spiro atoms. The second-order valence-corrected chi connectivity index (χ2v) is 10.7. The Morgan fingerprint density at radius 3 is 1.02 bits per heavy atom. The van der Waals surface area contributed by atoms with Gasteiger partial charge in [0.05, 0.1) is 22.5 Å². The number of benzene rings is 2. The highest BCUT2D eigenvalue weighted by Gasteiger charge is 2.58. The van der Waals surface area contributed by atoms with Gasteiger partial charge in [-0.3, -0.25) is 9.59 Å². The molecule has 0 N–H and O–H groups in total. The number of nitrogens with zero attached hydrogens (tertiary/aromatic N) is 2. The van der Waals surface area contributed by atoms with Crippen molar-refractivity contribution >= 4 is 43.2 Å². The minimum absolute atomic E-state index is 0.0522. The topological polar surface area (TPSA) is 109 Å². The molecule has 0 aliphatic heterocycles. The lowest BCUT2D eigenvalue weighted by Crippen LogP contribution is -2.54. The van der Waals surface area contributed by atoms with E-state index in [9.17, 15) is 79.1 Å². The van der Waals surface area contributed by atoms with Crippen LogP contribution < -0.4 is 8.61 Å². The lowest BCUT2D eigenvalue weighted by atomic mass is 10.2. The van der Waals surface area contributed by atoms with Gasteiger partial charge in [0.15, 0.2) is 0 Å². The highest BCUT2D eigenvalue weighted by atomic mass is 32.2. The largest absolute Gasteiger partial charge is 0.517 e. The molecule has 0 saturated heterocycles. The van der Waals surface area contributed by atoms with Gasteiger partial charge in [-0.25, -0.2) is 0 Å². The quantitative estimate of drug-likeness (QED) is 0.352. The van der Waals surface area contributed by atoms with E-state index in [4.69, 9.17) is 0 Å². The van der Waals surface area contributed by atoms with E-state index in [2.05, 4.69) is 0 Å². The average Bonchev–Trinajstić information content (AvgIpc) is 2.76. The molecule has 0 aromatic heterocycles. The van der Waals surface area contributed by atoms with E-state index in [0.29, 0.717) is 0 Å². The lowest BCUT2D eigenvalue weighted by molar-refractivity contribution is -0.138. The molecule has 222 valence electrons. The first-order valence-electron chi connectivity index (χ1n) is 9.40. The van der Waals surface area contributed by atoms with Crippen LogP contribution in [0.15, 0.2) is 48.5 Å². The van der Waals surface area contributed by atoms with Gasteiger partial charge < -0.3 is 0 Å². The third-order valence-electron chi connectivity index (χ3n) is 4.43. The van der Waals surface area contributed by atoms with Crippen molar-refractivity contribution in [1.29, 1.82) is 0 Å². The molecule has 0 heterocycles. The Balaban J connectivity index is 2.91. The number of hydrogen-bond acceptors (Lipinski definition) is 6. The SMILES string of the molecule is O=C(C(=O)N(c1cccc(C(F)(F)F)c1)S(=O)(=O)C(F)(F)F)N(c1cccc(C(F)(F)F)c1)S(=O)(=O)C(F)(F)F. The second-order valence-electron chi connectivity index (χ2n) is 7.14. The molecule has 22 heteroatoms. The van der Waals surface area contributed by atoms with Crippen LogP contribution in [0.5, 0.6) is 0 Å². The lowest BCUT2D eigenvalue weighted by Gasteiger charge is -2.28. The Labute approximate surface area is 214 Å². The molecule has 0 unspecified atom stereocenters. The first-order valence-corrected chi connectivity index (χ1v) is 12.3. The van der Waals surface area contributed by atoms with Gasteiger partial charge in [0.25, 0.3) is 0 Å². The first-order chi connectivity index (χ1) is 17.7. The molecular formula is C18H8F12N2O6S2. The Bertz CT molecular complexity index is 1410. The molecule has 2 aromatic rings. The van der Waals surface area contributed by atoms with E-state index in [-0.39, 0.29) is 36.4 Å². The summed E-state index contributed by atoms with van der Waals surface area (Å²) in [7, 11) is -14.6. The van der Waals surface area contributed by atoms with Crippen molar-refractivity contribution in [2.45, 2.75) is 23.4 Å². The molecule has 0 fully saturated rings. The minimum atomic E-state index is -7.31. The third kappa shape index (κ3) is 6.26. The van der Waals surface area contributed by atoms with Crippen molar-refractivity contribution in [2.24, 2.45) is 0 Å². The number of halogens is 12. The van der Waals surface area contributed by atoms with E-state index in [1.54, 1.807) is 0 Å². The van der Waals surface area contributed by atoms with Crippen LogP contribution in [0.25, 0.3) is 0 Å². The zero-order valence-electron chi connectivity index (χ0n) is 18.3. The summed E-state index contributed by atoms with van der Waals surface area (Å²) in [6, 6.07) is -0.109. The zero-order valence-corrected chi connectivity index (χ0v) is 19.9. The van der Waals surface area contributed by atoms with Gasteiger partial charge in [0.2, 0.25) is 0 Å². The van der Waals surface area contributed by atoms with Crippen LogP contribution in [0.2, 0.25) is 0 Å². The maximum Gasteiger partial charge on any atom is 0.517 e. The van der Waals surface area contributed by atoms with E-state index in [0.717, 1.165) is 0 Å². The van der Waals surface area contributed by atoms with E-state index in [1.165, 1.54) is 0 Å². The van der Waals surface area contributed by atoms with Crippen molar-refractivity contribution in [1.82, 2.24) is 0 Å². The minimum Gasteiger partial charge on any atom is -0.262 e. The number of rotatable bonds is 4. The Hall–Kier alpha value is -3.56. The maximum absolute atomic E-state index is 13.3. The van der Waals surface area contributed by atoms with Crippen LogP contribution in [-0.4, -0.2) is 39.7 Å². The number of hydrogen-bond donors (Lipinski definition) is 0. The monoisotopic (exact) mass is 640 g/mol. The predicted molar refractivity (Wildman–Crippen MR) is 108 cm³/mol. The summed E-state index contributed by atoms with van der Waals surface area (Å²) >= 11 is 0. The Morgan fingerprint density at radius 2 is 0.800 bits per heavy atom. The van der Waals surface area contributed by atoms with E-state index < -0.39 is 98.5 Å². The number of alkyl halides is 12. The number of amides is 2. The third-order valence-corrected chi connectivity index (χ3v) is 7.32. The fraction of sp³-hybridized carbons (Fsp3) is 0.222. The molecule has 2 amide bonds. The first kappa shape index (κ1) is 32.7. The molecule has 2 aromatic carbocycles. The molecule has 0 atom stereocenters. The summed E-state index contributed by atoms with van der Waals surface area (Å²) < 4.78 is 203. The van der Waals surface area contributed by atoms with E-state index in [1.807, 2.05) is 0 Å². The van der Waals surface area contributed by atoms with E-state index >= 15 is 0 Å². The molecular weight excluding hydrogens is 632 g/mol. The molecule has 0 bridgehead atoms. The second kappa shape index (κ2) is 10.1. The zero-order chi connectivity index (χ0) is 31.3. The summed E-state index contributed by atoms with van der Waals surface area (Å²) in [5.74, 6) is -6.72. The molecule has 8 nitrogen and oxygen atoms in total. The summed E-state index contributed by atoms with van der Waals surface area (Å²) in [5, 5.41) is 0. The molecule has 40 heavy (non-hydrogen) atoms. The Kier molecular flexibility index (Phi) is 8.26. The van der Waals surface area contributed by atoms with Gasteiger partial charge in [0, 0.05) is 0 Å². The smallest absolute Gasteiger partial charge is 0.262 e. The molecule has 0 aliphatic rings. The maximum atomic E-state index is 13.3. The van der Waals surface area contributed by atoms with Gasteiger partial charge in [-0.1, -0.05) is 12.1 Å². The van der Waals surface area contributed by atoms with Gasteiger partial charge >= 0.3 is 55.2 Å². The van der Waals surface area contributed by atoms with Crippen molar-refractivity contribution in [3.63, 3.8) is 0 Å². The van der Waals surface area contributed by atoms with Crippen LogP contribution in [0, 0.1) is 0 Å². The summed E-state index contributed by atoms with van der Waals surface area (Å²) in [6.07, 6.45) is -10.9. The van der Waals surface area contributed by atoms with Crippen molar-refractivity contribution < 1.29 is 79.1 Å². The predicted octanol–water partition coefficient (Wildman–Crippen LogP) is 4.79. The summed E-state index contributed by atoms with van der Waals surface area (Å²) in [4.78, 5) is 25.4. The van der Waals surface area contributed by atoms with Crippen LogP contribution in [0.1, 0.15) is 11.1 Å². The number of carbonyl (C=O) groups excluding carboxylic acids is 2. The van der Waals surface area contributed by atoms with Crippen LogP contribution in [-0.2, 0) is 42.0 Å². The number of sulfonamides is 2.